The molecule has 1 heterocycles. The molecule has 1 N–H and O–H groups in total. The van der Waals surface area contributed by atoms with Gasteiger partial charge in [0.2, 0.25) is 0 Å². The van der Waals surface area contributed by atoms with Crippen molar-refractivity contribution in [2.45, 2.75) is 69.7 Å². The number of hydrogen-bond donors (Lipinski definition) is 1. The number of azide groups is 1. The molecule has 1 aliphatic heterocycles. The molecule has 1 aromatic carbocycles. The van der Waals surface area contributed by atoms with Gasteiger partial charge < -0.3 is 14.6 Å². The minimum Gasteiger partial charge on any atom is -0.382 e. The predicted molar refractivity (Wildman–Crippen MR) is 90.7 cm³/mol. The number of ether oxygens (including phenoxy) is 2. The number of aliphatic hydroxyl groups is 1. The van der Waals surface area contributed by atoms with Crippen molar-refractivity contribution in [1.82, 2.24) is 0 Å². The number of rotatable bonds is 4. The van der Waals surface area contributed by atoms with Crippen LogP contribution in [0, 0.1) is 0 Å². The Morgan fingerprint density at radius 2 is 2.20 bits per heavy atom. The summed E-state index contributed by atoms with van der Waals surface area (Å²) in [7, 11) is 0. The molecule has 7 nitrogen and oxygen atoms in total. The van der Waals surface area contributed by atoms with Crippen LogP contribution in [0.25, 0.3) is 10.4 Å². The largest absolute Gasteiger partial charge is 0.382 e. The molecule has 0 amide bonds. The molecule has 5 atom stereocenters. The molecular formula is C18H23N3O4. The second-order valence-electron chi connectivity index (χ2n) is 6.91. The van der Waals surface area contributed by atoms with Crippen molar-refractivity contribution in [2.75, 3.05) is 0 Å². The molecule has 25 heavy (non-hydrogen) atoms. The van der Waals surface area contributed by atoms with Crippen molar-refractivity contribution < 1.29 is 19.4 Å². The molecule has 0 saturated carbocycles. The first-order valence-electron chi connectivity index (χ1n) is 8.59. The Kier molecular flexibility index (Phi) is 5.11. The molecular weight excluding hydrogens is 322 g/mol. The summed E-state index contributed by atoms with van der Waals surface area (Å²) in [6.45, 7) is 3.27. The summed E-state index contributed by atoms with van der Waals surface area (Å²) in [6, 6.07) is 7.51. The van der Waals surface area contributed by atoms with Gasteiger partial charge >= 0.3 is 0 Å². The van der Waals surface area contributed by atoms with Crippen LogP contribution in [-0.2, 0) is 20.7 Å². The highest BCUT2D eigenvalue weighted by Gasteiger charge is 2.43. The van der Waals surface area contributed by atoms with Crippen molar-refractivity contribution in [3.8, 4) is 0 Å². The van der Waals surface area contributed by atoms with Crippen molar-refractivity contribution in [2.24, 2.45) is 5.11 Å². The number of Topliss-reactive ketones (excluding diaryl/α,β-unsaturated/α-hetero) is 1. The minimum absolute atomic E-state index is 0.197. The maximum Gasteiger partial charge on any atom is 0.161 e. The number of carbonyl (C=O) groups is 1. The van der Waals surface area contributed by atoms with E-state index in [1.54, 1.807) is 0 Å². The van der Waals surface area contributed by atoms with Gasteiger partial charge in [0.15, 0.2) is 12.1 Å². The van der Waals surface area contributed by atoms with Crippen molar-refractivity contribution >= 4 is 5.78 Å². The summed E-state index contributed by atoms with van der Waals surface area (Å²) < 4.78 is 12.0. The smallest absolute Gasteiger partial charge is 0.161 e. The van der Waals surface area contributed by atoms with Gasteiger partial charge in [0, 0.05) is 17.8 Å². The summed E-state index contributed by atoms with van der Waals surface area (Å²) in [6.07, 6.45) is 0.707. The zero-order chi connectivity index (χ0) is 18.0. The quantitative estimate of drug-likeness (QED) is 0.514. The number of carbonyl (C=O) groups excluding carboxylic acids is 1. The maximum absolute atomic E-state index is 12.0. The van der Waals surface area contributed by atoms with E-state index in [-0.39, 0.29) is 24.3 Å². The Bertz CT molecular complexity index is 703. The van der Waals surface area contributed by atoms with Gasteiger partial charge in [-0.1, -0.05) is 29.4 Å². The van der Waals surface area contributed by atoms with Crippen LogP contribution in [0.3, 0.4) is 0 Å². The lowest BCUT2D eigenvalue weighted by atomic mass is 9.77. The van der Waals surface area contributed by atoms with Gasteiger partial charge in [0.25, 0.3) is 0 Å². The highest BCUT2D eigenvalue weighted by atomic mass is 16.7. The number of hydrogen-bond acceptors (Lipinski definition) is 5. The highest BCUT2D eigenvalue weighted by molar-refractivity contribution is 5.85. The first kappa shape index (κ1) is 17.9. The maximum atomic E-state index is 12.0. The number of benzene rings is 1. The third kappa shape index (κ3) is 3.70. The lowest BCUT2D eigenvalue weighted by Gasteiger charge is -2.40. The third-order valence-electron chi connectivity index (χ3n) is 5.19. The second kappa shape index (κ2) is 7.14. The summed E-state index contributed by atoms with van der Waals surface area (Å²) >= 11 is 0. The van der Waals surface area contributed by atoms with E-state index in [1.165, 1.54) is 6.92 Å². The van der Waals surface area contributed by atoms with E-state index in [4.69, 9.17) is 15.0 Å². The Hall–Kier alpha value is -1.92. The molecule has 7 heteroatoms. The average Bonchev–Trinajstić information content (AvgIpc) is 2.57. The van der Waals surface area contributed by atoms with E-state index in [1.807, 2.05) is 31.2 Å². The molecule has 0 bridgehead atoms. The SMILES string of the molecule is CC(=O)[C@]1(O)Cc2ccccc2[C@@H](O[C@H]2CC[C@H](N=[N+]=[N-])[C@H](C)O2)C1. The van der Waals surface area contributed by atoms with Crippen LogP contribution < -0.4 is 0 Å². The summed E-state index contributed by atoms with van der Waals surface area (Å²) in [5.74, 6) is -0.253. The van der Waals surface area contributed by atoms with E-state index < -0.39 is 18.0 Å². The standard InChI is InChI=1S/C18H23N3O4/c1-11-15(20-21-19)7-8-17(24-11)25-16-10-18(23,12(2)22)9-13-5-3-4-6-14(13)16/h3-6,11,15-17,23H,7-10H2,1-2H3/t11-,15-,16-,17-,18-/m0/s1. The van der Waals surface area contributed by atoms with Gasteiger partial charge in [-0.15, -0.1) is 0 Å². The first-order chi connectivity index (χ1) is 11.9. The molecule has 1 fully saturated rings. The Morgan fingerprint density at radius 1 is 1.44 bits per heavy atom. The zero-order valence-electron chi connectivity index (χ0n) is 14.5. The normalized spacial score (nSPS) is 34.7. The summed E-state index contributed by atoms with van der Waals surface area (Å²) in [5.41, 5.74) is 9.10. The molecule has 0 radical (unpaired) electrons. The van der Waals surface area contributed by atoms with Gasteiger partial charge in [-0.25, -0.2) is 0 Å². The minimum atomic E-state index is -1.41. The van der Waals surface area contributed by atoms with Crippen LogP contribution in [-0.4, -0.2) is 34.9 Å². The molecule has 2 aliphatic rings. The average molecular weight is 345 g/mol. The molecule has 0 spiro atoms. The molecule has 1 aliphatic carbocycles. The first-order valence-corrected chi connectivity index (χ1v) is 8.59. The Labute approximate surface area is 146 Å². The second-order valence-corrected chi connectivity index (χ2v) is 6.91. The van der Waals surface area contributed by atoms with Crippen LogP contribution in [0.15, 0.2) is 29.4 Å². The Morgan fingerprint density at radius 3 is 2.88 bits per heavy atom. The van der Waals surface area contributed by atoms with Gasteiger partial charge in [-0.05, 0) is 43.3 Å². The van der Waals surface area contributed by atoms with Crippen LogP contribution in [0.2, 0.25) is 0 Å². The lowest BCUT2D eigenvalue weighted by Crippen LogP contribution is -2.45. The fraction of sp³-hybridized carbons (Fsp3) is 0.611. The van der Waals surface area contributed by atoms with Gasteiger partial charge in [0.1, 0.15) is 5.60 Å². The van der Waals surface area contributed by atoms with E-state index in [2.05, 4.69) is 10.0 Å². The zero-order valence-corrected chi connectivity index (χ0v) is 14.5. The monoisotopic (exact) mass is 345 g/mol. The van der Waals surface area contributed by atoms with Crippen LogP contribution in [0.4, 0.5) is 0 Å². The third-order valence-corrected chi connectivity index (χ3v) is 5.19. The van der Waals surface area contributed by atoms with E-state index in [0.717, 1.165) is 11.1 Å². The molecule has 3 rings (SSSR count). The van der Waals surface area contributed by atoms with E-state index in [0.29, 0.717) is 19.3 Å². The number of fused-ring (bicyclic) bond motifs is 1. The van der Waals surface area contributed by atoms with E-state index >= 15 is 0 Å². The molecule has 0 aromatic heterocycles. The predicted octanol–water partition coefficient (Wildman–Crippen LogP) is 3.21. The van der Waals surface area contributed by atoms with Crippen molar-refractivity contribution in [1.29, 1.82) is 0 Å². The van der Waals surface area contributed by atoms with Crippen LogP contribution >= 0.6 is 0 Å². The Balaban J connectivity index is 1.77. The molecule has 1 saturated heterocycles. The van der Waals surface area contributed by atoms with Crippen molar-refractivity contribution in [3.63, 3.8) is 0 Å². The highest BCUT2D eigenvalue weighted by Crippen LogP contribution is 2.40. The number of nitrogens with zero attached hydrogens (tertiary/aromatic N) is 3. The van der Waals surface area contributed by atoms with Gasteiger partial charge in [-0.3, -0.25) is 4.79 Å². The fourth-order valence-electron chi connectivity index (χ4n) is 3.64. The lowest BCUT2D eigenvalue weighted by molar-refractivity contribution is -0.225. The number of ketones is 1. The van der Waals surface area contributed by atoms with Gasteiger partial charge in [-0.2, -0.15) is 0 Å². The summed E-state index contributed by atoms with van der Waals surface area (Å²) in [4.78, 5) is 14.8. The van der Waals surface area contributed by atoms with Crippen LogP contribution in [0.1, 0.15) is 50.3 Å². The molecule has 134 valence electrons. The van der Waals surface area contributed by atoms with E-state index in [9.17, 15) is 9.90 Å². The topological polar surface area (TPSA) is 105 Å². The summed E-state index contributed by atoms with van der Waals surface area (Å²) in [5, 5.41) is 14.5. The molecule has 1 aromatic rings. The molecule has 0 unspecified atom stereocenters. The fourth-order valence-corrected chi connectivity index (χ4v) is 3.64. The van der Waals surface area contributed by atoms with Gasteiger partial charge in [0.05, 0.1) is 18.2 Å². The van der Waals surface area contributed by atoms with Crippen LogP contribution in [0.5, 0.6) is 0 Å². The van der Waals surface area contributed by atoms with Crippen molar-refractivity contribution in [3.05, 3.63) is 45.8 Å².